The first-order chi connectivity index (χ1) is 9.20. The first-order valence-electron chi connectivity index (χ1n) is 6.10. The van der Waals surface area contributed by atoms with Gasteiger partial charge in [0.2, 0.25) is 0 Å². The summed E-state index contributed by atoms with van der Waals surface area (Å²) in [5.41, 5.74) is 2.29. The number of nitrogens with zero attached hydrogens (tertiary/aromatic N) is 1. The summed E-state index contributed by atoms with van der Waals surface area (Å²) in [6, 6.07) is 1.75. The maximum atomic E-state index is 11.8. The van der Waals surface area contributed by atoms with Crippen LogP contribution < -0.4 is 10.1 Å². The molecule has 102 valence electrons. The Hall–Kier alpha value is -1.82. The molecule has 2 aromatic rings. The molecule has 0 fully saturated rings. The highest BCUT2D eigenvalue weighted by Crippen LogP contribution is 2.20. The molecule has 0 unspecified atom stereocenters. The predicted molar refractivity (Wildman–Crippen MR) is 74.8 cm³/mol. The number of thiophene rings is 1. The zero-order valence-corrected chi connectivity index (χ0v) is 11.8. The van der Waals surface area contributed by atoms with Crippen LogP contribution in [0.5, 0.6) is 5.75 Å². The highest BCUT2D eigenvalue weighted by Gasteiger charge is 2.08. The summed E-state index contributed by atoms with van der Waals surface area (Å²) >= 11 is 1.39. The van der Waals surface area contributed by atoms with Crippen molar-refractivity contribution in [1.29, 1.82) is 0 Å². The Labute approximate surface area is 116 Å². The molecule has 2 rings (SSSR count). The van der Waals surface area contributed by atoms with Crippen LogP contribution in [0.1, 0.15) is 27.3 Å². The molecule has 2 aromatic heterocycles. The highest BCUT2D eigenvalue weighted by molar-refractivity contribution is 7.12. The SMILES string of the molecule is COc1csc(C(=O)NCCCc2cn[nH]c2C)c1. The molecule has 0 atom stereocenters. The van der Waals surface area contributed by atoms with Crippen LogP contribution in [0.15, 0.2) is 17.6 Å². The third-order valence-corrected chi connectivity index (χ3v) is 3.78. The Morgan fingerprint density at radius 3 is 3.05 bits per heavy atom. The summed E-state index contributed by atoms with van der Waals surface area (Å²) in [6.45, 7) is 2.66. The summed E-state index contributed by atoms with van der Waals surface area (Å²) in [4.78, 5) is 12.5. The first-order valence-corrected chi connectivity index (χ1v) is 6.98. The monoisotopic (exact) mass is 279 g/mol. The maximum Gasteiger partial charge on any atom is 0.261 e. The van der Waals surface area contributed by atoms with E-state index < -0.39 is 0 Å². The number of aryl methyl sites for hydroxylation is 2. The largest absolute Gasteiger partial charge is 0.496 e. The smallest absolute Gasteiger partial charge is 0.261 e. The van der Waals surface area contributed by atoms with Crippen LogP contribution in [0.4, 0.5) is 0 Å². The minimum atomic E-state index is -0.0442. The molecule has 0 radical (unpaired) electrons. The molecule has 0 aliphatic rings. The van der Waals surface area contributed by atoms with E-state index in [-0.39, 0.29) is 5.91 Å². The van der Waals surface area contributed by atoms with Crippen LogP contribution in [0.25, 0.3) is 0 Å². The third-order valence-electron chi connectivity index (χ3n) is 2.88. The first kappa shape index (κ1) is 13.6. The molecule has 0 saturated heterocycles. The Balaban J connectivity index is 1.73. The quantitative estimate of drug-likeness (QED) is 0.796. The van der Waals surface area contributed by atoms with E-state index in [1.165, 1.54) is 16.9 Å². The molecule has 5 nitrogen and oxygen atoms in total. The Morgan fingerprint density at radius 2 is 2.42 bits per heavy atom. The Kier molecular flexibility index (Phi) is 4.57. The molecule has 0 aromatic carbocycles. The lowest BCUT2D eigenvalue weighted by atomic mass is 10.1. The van der Waals surface area contributed by atoms with Gasteiger partial charge in [0.25, 0.3) is 5.91 Å². The fraction of sp³-hybridized carbons (Fsp3) is 0.385. The second-order valence-corrected chi connectivity index (χ2v) is 5.14. The van der Waals surface area contributed by atoms with Crippen LogP contribution in [-0.2, 0) is 6.42 Å². The second-order valence-electron chi connectivity index (χ2n) is 4.23. The van der Waals surface area contributed by atoms with Crippen molar-refractivity contribution >= 4 is 17.2 Å². The third kappa shape index (κ3) is 3.57. The number of nitrogens with one attached hydrogen (secondary N) is 2. The number of hydrogen-bond donors (Lipinski definition) is 2. The van der Waals surface area contributed by atoms with Gasteiger partial charge >= 0.3 is 0 Å². The van der Waals surface area contributed by atoms with Gasteiger partial charge < -0.3 is 10.1 Å². The van der Waals surface area contributed by atoms with Gasteiger partial charge in [-0.15, -0.1) is 11.3 Å². The lowest BCUT2D eigenvalue weighted by molar-refractivity contribution is 0.0957. The Bertz CT molecular complexity index is 548. The van der Waals surface area contributed by atoms with Gasteiger partial charge in [0.05, 0.1) is 18.2 Å². The van der Waals surface area contributed by atoms with E-state index in [0.717, 1.165) is 24.3 Å². The van der Waals surface area contributed by atoms with Gasteiger partial charge in [-0.3, -0.25) is 9.89 Å². The molecule has 1 amide bonds. The predicted octanol–water partition coefficient (Wildman–Crippen LogP) is 2.15. The summed E-state index contributed by atoms with van der Waals surface area (Å²) in [6.07, 6.45) is 3.65. The number of H-pyrrole nitrogens is 1. The van der Waals surface area contributed by atoms with Gasteiger partial charge in [-0.2, -0.15) is 5.10 Å². The van der Waals surface area contributed by atoms with Crippen molar-refractivity contribution in [3.05, 3.63) is 33.8 Å². The zero-order chi connectivity index (χ0) is 13.7. The number of hydrogen-bond acceptors (Lipinski definition) is 4. The van der Waals surface area contributed by atoms with Crippen molar-refractivity contribution in [2.45, 2.75) is 19.8 Å². The topological polar surface area (TPSA) is 67.0 Å². The highest BCUT2D eigenvalue weighted by atomic mass is 32.1. The van der Waals surface area contributed by atoms with E-state index in [1.807, 2.05) is 18.5 Å². The summed E-state index contributed by atoms with van der Waals surface area (Å²) in [7, 11) is 1.59. The minimum absolute atomic E-state index is 0.0442. The van der Waals surface area contributed by atoms with Crippen LogP contribution in [-0.4, -0.2) is 29.8 Å². The molecule has 2 heterocycles. The van der Waals surface area contributed by atoms with E-state index in [0.29, 0.717) is 11.4 Å². The van der Waals surface area contributed by atoms with Gasteiger partial charge in [-0.1, -0.05) is 0 Å². The van der Waals surface area contributed by atoms with E-state index in [2.05, 4.69) is 15.5 Å². The average molecular weight is 279 g/mol. The molecular weight excluding hydrogens is 262 g/mol. The zero-order valence-electron chi connectivity index (χ0n) is 11.0. The van der Waals surface area contributed by atoms with Gasteiger partial charge in [0, 0.05) is 23.7 Å². The maximum absolute atomic E-state index is 11.8. The lowest BCUT2D eigenvalue weighted by Gasteiger charge is -2.03. The molecule has 19 heavy (non-hydrogen) atoms. The fourth-order valence-corrected chi connectivity index (χ4v) is 2.51. The van der Waals surface area contributed by atoms with E-state index in [1.54, 1.807) is 13.2 Å². The molecule has 0 aliphatic heterocycles. The van der Waals surface area contributed by atoms with Gasteiger partial charge in [-0.25, -0.2) is 0 Å². The van der Waals surface area contributed by atoms with Gasteiger partial charge in [0.1, 0.15) is 5.75 Å². The summed E-state index contributed by atoms with van der Waals surface area (Å²) < 4.78 is 5.05. The minimum Gasteiger partial charge on any atom is -0.496 e. The van der Waals surface area contributed by atoms with Crippen LogP contribution in [0.3, 0.4) is 0 Å². The normalized spacial score (nSPS) is 10.4. The molecule has 6 heteroatoms. The van der Waals surface area contributed by atoms with E-state index in [9.17, 15) is 4.79 Å². The molecular formula is C13H17N3O2S. The van der Waals surface area contributed by atoms with Crippen LogP contribution in [0, 0.1) is 6.92 Å². The molecule has 0 saturated carbocycles. The number of aromatic amines is 1. The summed E-state index contributed by atoms with van der Waals surface area (Å²) in [5, 5.41) is 11.6. The number of aromatic nitrogens is 2. The van der Waals surface area contributed by atoms with Crippen molar-refractivity contribution in [2.75, 3.05) is 13.7 Å². The van der Waals surface area contributed by atoms with Crippen molar-refractivity contribution in [3.8, 4) is 5.75 Å². The number of carbonyl (C=O) groups excluding carboxylic acids is 1. The molecule has 2 N–H and O–H groups in total. The Morgan fingerprint density at radius 1 is 1.58 bits per heavy atom. The van der Waals surface area contributed by atoms with Crippen LogP contribution in [0.2, 0.25) is 0 Å². The standard InChI is InChI=1S/C13H17N3O2S/c1-9-10(7-15-16-9)4-3-5-14-13(17)12-6-11(18-2)8-19-12/h6-8H,3-5H2,1-2H3,(H,14,17)(H,15,16). The second kappa shape index (κ2) is 6.38. The molecule has 0 bridgehead atoms. The van der Waals surface area contributed by atoms with Crippen molar-refractivity contribution in [3.63, 3.8) is 0 Å². The van der Waals surface area contributed by atoms with Crippen molar-refractivity contribution in [1.82, 2.24) is 15.5 Å². The van der Waals surface area contributed by atoms with Crippen LogP contribution >= 0.6 is 11.3 Å². The van der Waals surface area contributed by atoms with Gasteiger partial charge in [0.15, 0.2) is 0 Å². The number of amides is 1. The van der Waals surface area contributed by atoms with Gasteiger partial charge in [-0.05, 0) is 25.3 Å². The number of methoxy groups -OCH3 is 1. The molecule has 0 aliphatic carbocycles. The van der Waals surface area contributed by atoms with Crippen molar-refractivity contribution < 1.29 is 9.53 Å². The fourth-order valence-electron chi connectivity index (χ4n) is 1.74. The van der Waals surface area contributed by atoms with Crippen molar-refractivity contribution in [2.24, 2.45) is 0 Å². The molecule has 0 spiro atoms. The number of carbonyl (C=O) groups is 1. The van der Waals surface area contributed by atoms with E-state index >= 15 is 0 Å². The average Bonchev–Trinajstić information content (AvgIpc) is 3.03. The van der Waals surface area contributed by atoms with E-state index in [4.69, 9.17) is 4.74 Å². The summed E-state index contributed by atoms with van der Waals surface area (Å²) in [5.74, 6) is 0.682. The number of ether oxygens (including phenoxy) is 1. The number of rotatable bonds is 6. The lowest BCUT2D eigenvalue weighted by Crippen LogP contribution is -2.23.